The summed E-state index contributed by atoms with van der Waals surface area (Å²) < 4.78 is 0. The minimum atomic E-state index is -1.08. The molecule has 0 saturated carbocycles. The normalized spacial score (nSPS) is 19.1. The van der Waals surface area contributed by atoms with Gasteiger partial charge in [-0.3, -0.25) is 19.3 Å². The molecule has 0 bridgehead atoms. The molecule has 1 spiro atoms. The van der Waals surface area contributed by atoms with Gasteiger partial charge < -0.3 is 15.5 Å². The number of rotatable bonds is 6. The van der Waals surface area contributed by atoms with Gasteiger partial charge in [0.2, 0.25) is 5.91 Å². The van der Waals surface area contributed by atoms with Crippen LogP contribution in [-0.2, 0) is 21.5 Å². The second-order valence-electron chi connectivity index (χ2n) is 7.99. The minimum absolute atomic E-state index is 0.0747. The van der Waals surface area contributed by atoms with E-state index in [2.05, 4.69) is 10.6 Å². The highest BCUT2D eigenvalue weighted by atomic mass is 16.2. The molecule has 0 unspecified atom stereocenters. The maximum atomic E-state index is 13.2. The van der Waals surface area contributed by atoms with Gasteiger partial charge in [-0.1, -0.05) is 24.3 Å². The zero-order valence-corrected chi connectivity index (χ0v) is 18.2. The second kappa shape index (κ2) is 8.45. The predicted molar refractivity (Wildman–Crippen MR) is 119 cm³/mol. The van der Waals surface area contributed by atoms with E-state index in [1.54, 1.807) is 29.2 Å². The number of benzene rings is 2. The Hall–Kier alpha value is -3.68. The van der Waals surface area contributed by atoms with E-state index in [1.807, 2.05) is 38.1 Å². The lowest BCUT2D eigenvalue weighted by atomic mass is 9.92. The van der Waals surface area contributed by atoms with Gasteiger partial charge in [0.15, 0.2) is 0 Å². The van der Waals surface area contributed by atoms with Crippen molar-refractivity contribution in [1.29, 1.82) is 0 Å². The fraction of sp³-hybridized carbons (Fsp3) is 0.333. The first-order valence-corrected chi connectivity index (χ1v) is 10.8. The quantitative estimate of drug-likeness (QED) is 0.683. The van der Waals surface area contributed by atoms with Crippen molar-refractivity contribution in [1.82, 2.24) is 15.1 Å². The highest BCUT2D eigenvalue weighted by Crippen LogP contribution is 2.41. The second-order valence-corrected chi connectivity index (χ2v) is 7.99. The van der Waals surface area contributed by atoms with Gasteiger partial charge in [-0.15, -0.1) is 0 Å². The number of fused-ring (bicyclic) bond motifs is 2. The summed E-state index contributed by atoms with van der Waals surface area (Å²) >= 11 is 0. The summed E-state index contributed by atoms with van der Waals surface area (Å²) in [5, 5.41) is 5.51. The molecule has 2 aromatic carbocycles. The Labute approximate surface area is 186 Å². The van der Waals surface area contributed by atoms with Crippen molar-refractivity contribution >= 4 is 29.4 Å². The highest BCUT2D eigenvalue weighted by Gasteiger charge is 2.55. The molecule has 1 heterocycles. The van der Waals surface area contributed by atoms with Gasteiger partial charge in [0.05, 0.1) is 0 Å². The van der Waals surface area contributed by atoms with Crippen LogP contribution in [0.25, 0.3) is 0 Å². The van der Waals surface area contributed by atoms with Crippen LogP contribution in [0.4, 0.5) is 10.5 Å². The number of nitrogens with one attached hydrogen (secondary N) is 2. The SMILES string of the molecule is CCN(CC)C(=O)c1ccc(NC(=O)CN2C(=O)N[C@]3(CCc4ccccc43)C2=O)cc1. The average molecular weight is 434 g/mol. The first-order chi connectivity index (χ1) is 15.4. The van der Waals surface area contributed by atoms with E-state index in [0.29, 0.717) is 37.2 Å². The molecular formula is C24H26N4O4. The highest BCUT2D eigenvalue weighted by molar-refractivity contribution is 6.11. The molecule has 1 aliphatic heterocycles. The lowest BCUT2D eigenvalue weighted by molar-refractivity contribution is -0.134. The number of hydrogen-bond donors (Lipinski definition) is 2. The van der Waals surface area contributed by atoms with E-state index in [9.17, 15) is 19.2 Å². The van der Waals surface area contributed by atoms with Gasteiger partial charge >= 0.3 is 6.03 Å². The van der Waals surface area contributed by atoms with Crippen molar-refractivity contribution in [3.63, 3.8) is 0 Å². The number of imide groups is 1. The van der Waals surface area contributed by atoms with Crippen LogP contribution in [0.15, 0.2) is 48.5 Å². The Kier molecular flexibility index (Phi) is 5.69. The fourth-order valence-corrected chi connectivity index (χ4v) is 4.47. The number of amides is 5. The number of hydrogen-bond acceptors (Lipinski definition) is 4. The van der Waals surface area contributed by atoms with Crippen LogP contribution < -0.4 is 10.6 Å². The Balaban J connectivity index is 1.42. The molecule has 2 aromatic rings. The number of carbonyl (C=O) groups is 4. The van der Waals surface area contributed by atoms with Gasteiger partial charge in [0, 0.05) is 24.3 Å². The number of urea groups is 1. The smallest absolute Gasteiger partial charge is 0.325 e. The van der Waals surface area contributed by atoms with Crippen LogP contribution in [0.5, 0.6) is 0 Å². The van der Waals surface area contributed by atoms with Crippen molar-refractivity contribution in [2.24, 2.45) is 0 Å². The Morgan fingerprint density at radius 1 is 1.06 bits per heavy atom. The molecule has 166 valence electrons. The number of carbonyl (C=O) groups excluding carboxylic acids is 4. The molecular weight excluding hydrogens is 408 g/mol. The molecule has 5 amide bonds. The summed E-state index contributed by atoms with van der Waals surface area (Å²) in [5.74, 6) is -0.961. The van der Waals surface area contributed by atoms with Gasteiger partial charge in [0.25, 0.3) is 11.8 Å². The molecule has 2 N–H and O–H groups in total. The third-order valence-corrected chi connectivity index (χ3v) is 6.19. The van der Waals surface area contributed by atoms with E-state index >= 15 is 0 Å². The Morgan fingerprint density at radius 3 is 2.44 bits per heavy atom. The van der Waals surface area contributed by atoms with Gasteiger partial charge in [-0.25, -0.2) is 4.79 Å². The molecule has 1 saturated heterocycles. The van der Waals surface area contributed by atoms with Crippen LogP contribution in [-0.4, -0.2) is 53.2 Å². The van der Waals surface area contributed by atoms with Gasteiger partial charge in [-0.2, -0.15) is 0 Å². The van der Waals surface area contributed by atoms with Gasteiger partial charge in [0.1, 0.15) is 12.1 Å². The van der Waals surface area contributed by atoms with Crippen molar-refractivity contribution in [3.8, 4) is 0 Å². The van der Waals surface area contributed by atoms with Crippen molar-refractivity contribution in [2.45, 2.75) is 32.2 Å². The van der Waals surface area contributed by atoms with Crippen LogP contribution in [0.3, 0.4) is 0 Å². The maximum absolute atomic E-state index is 13.2. The largest absolute Gasteiger partial charge is 0.339 e. The number of aryl methyl sites for hydroxylation is 1. The minimum Gasteiger partial charge on any atom is -0.339 e. The molecule has 0 aromatic heterocycles. The molecule has 32 heavy (non-hydrogen) atoms. The summed E-state index contributed by atoms with van der Waals surface area (Å²) in [6.45, 7) is 4.69. The monoisotopic (exact) mass is 434 g/mol. The summed E-state index contributed by atoms with van der Waals surface area (Å²) in [5.41, 5.74) is 1.77. The maximum Gasteiger partial charge on any atom is 0.325 e. The average Bonchev–Trinajstić information content (AvgIpc) is 3.28. The lowest BCUT2D eigenvalue weighted by Crippen LogP contribution is -2.43. The van der Waals surface area contributed by atoms with Crippen LogP contribution >= 0.6 is 0 Å². The van der Waals surface area contributed by atoms with Crippen LogP contribution in [0.2, 0.25) is 0 Å². The van der Waals surface area contributed by atoms with E-state index in [0.717, 1.165) is 16.0 Å². The predicted octanol–water partition coefficient (Wildman–Crippen LogP) is 2.50. The fourth-order valence-electron chi connectivity index (χ4n) is 4.47. The summed E-state index contributed by atoms with van der Waals surface area (Å²) in [7, 11) is 0. The van der Waals surface area contributed by atoms with Crippen molar-refractivity contribution < 1.29 is 19.2 Å². The number of nitrogens with zero attached hydrogens (tertiary/aromatic N) is 2. The van der Waals surface area contributed by atoms with Crippen molar-refractivity contribution in [3.05, 3.63) is 65.2 Å². The summed E-state index contributed by atoms with van der Waals surface area (Å²) in [4.78, 5) is 53.4. The number of anilines is 1. The van der Waals surface area contributed by atoms with E-state index in [1.165, 1.54) is 0 Å². The van der Waals surface area contributed by atoms with E-state index < -0.39 is 23.4 Å². The van der Waals surface area contributed by atoms with Crippen molar-refractivity contribution in [2.75, 3.05) is 25.0 Å². The van der Waals surface area contributed by atoms with E-state index in [4.69, 9.17) is 0 Å². The zero-order chi connectivity index (χ0) is 22.9. The molecule has 8 heteroatoms. The third-order valence-electron chi connectivity index (χ3n) is 6.19. The van der Waals surface area contributed by atoms with Crippen LogP contribution in [0.1, 0.15) is 41.8 Å². The standard InChI is InChI=1S/C24H26N4O4/c1-3-27(4-2)21(30)17-9-11-18(12-10-17)25-20(29)15-28-22(31)24(26-23(28)32)14-13-16-7-5-6-8-19(16)24/h5-12H,3-4,13-15H2,1-2H3,(H,25,29)(H,26,32)/t24-/m0/s1. The summed E-state index contributed by atoms with van der Waals surface area (Å²) in [6.07, 6.45) is 1.18. The third kappa shape index (κ3) is 3.62. The molecule has 1 fully saturated rings. The van der Waals surface area contributed by atoms with Gasteiger partial charge in [-0.05, 0) is 62.1 Å². The topological polar surface area (TPSA) is 98.8 Å². The zero-order valence-electron chi connectivity index (χ0n) is 18.2. The Bertz CT molecular complexity index is 1080. The molecule has 2 aliphatic rings. The van der Waals surface area contributed by atoms with Crippen LogP contribution in [0, 0.1) is 0 Å². The molecule has 1 aliphatic carbocycles. The lowest BCUT2D eigenvalue weighted by Gasteiger charge is -2.22. The first kappa shape index (κ1) is 21.5. The Morgan fingerprint density at radius 2 is 1.75 bits per heavy atom. The summed E-state index contributed by atoms with van der Waals surface area (Å²) in [6, 6.07) is 13.5. The first-order valence-electron chi connectivity index (χ1n) is 10.8. The molecule has 0 radical (unpaired) electrons. The molecule has 4 rings (SSSR count). The molecule has 1 atom stereocenters. The molecule has 8 nitrogen and oxygen atoms in total. The van der Waals surface area contributed by atoms with E-state index in [-0.39, 0.29) is 12.5 Å².